The lowest BCUT2D eigenvalue weighted by Gasteiger charge is -2.21. The smallest absolute Gasteiger partial charge is 0.147 e. The molecule has 0 amide bonds. The van der Waals surface area contributed by atoms with Gasteiger partial charge in [-0.2, -0.15) is 0 Å². The van der Waals surface area contributed by atoms with Crippen molar-refractivity contribution in [1.82, 2.24) is 0 Å². The average Bonchev–Trinajstić information content (AvgIpc) is 1.84. The number of methoxy groups -OCH3 is 1. The molecule has 0 fully saturated rings. The fourth-order valence-electron chi connectivity index (χ4n) is 0.515. The van der Waals surface area contributed by atoms with E-state index in [0.717, 1.165) is 0 Å². The van der Waals surface area contributed by atoms with E-state index >= 15 is 0 Å². The summed E-state index contributed by atoms with van der Waals surface area (Å²) in [5.74, 6) is 2.54. The standard InChI is InChI=1S/C8H14O2/c1-5-6-8(2,3)10-7-9-4/h1H,6-7H2,2-4H3. The SMILES string of the molecule is C#CCC(C)(C)OCOC. The quantitative estimate of drug-likeness (QED) is 0.436. The minimum absolute atomic E-state index is 0.259. The first-order chi connectivity index (χ1) is 4.62. The second-order valence-corrected chi connectivity index (χ2v) is 2.69. The second kappa shape index (κ2) is 4.32. The maximum Gasteiger partial charge on any atom is 0.147 e. The first kappa shape index (κ1) is 9.48. The lowest BCUT2D eigenvalue weighted by molar-refractivity contribution is -0.111. The van der Waals surface area contributed by atoms with E-state index in [0.29, 0.717) is 13.2 Å². The molecule has 0 aliphatic rings. The van der Waals surface area contributed by atoms with Crippen molar-refractivity contribution in [3.8, 4) is 12.3 Å². The lowest BCUT2D eigenvalue weighted by Crippen LogP contribution is -2.24. The van der Waals surface area contributed by atoms with Gasteiger partial charge >= 0.3 is 0 Å². The summed E-state index contributed by atoms with van der Waals surface area (Å²) in [5.41, 5.74) is -0.259. The van der Waals surface area contributed by atoms with Gasteiger partial charge in [-0.3, -0.25) is 0 Å². The first-order valence-corrected chi connectivity index (χ1v) is 3.19. The molecule has 0 heterocycles. The Morgan fingerprint density at radius 2 is 2.10 bits per heavy atom. The summed E-state index contributed by atoms with van der Waals surface area (Å²) in [6.07, 6.45) is 5.72. The highest BCUT2D eigenvalue weighted by molar-refractivity contribution is 4.91. The molecular weight excluding hydrogens is 128 g/mol. The molecule has 0 saturated carbocycles. The number of hydrogen-bond acceptors (Lipinski definition) is 2. The number of ether oxygens (including phenoxy) is 2. The molecule has 0 aliphatic heterocycles. The highest BCUT2D eigenvalue weighted by Crippen LogP contribution is 2.12. The van der Waals surface area contributed by atoms with Crippen molar-refractivity contribution in [2.45, 2.75) is 25.9 Å². The maximum absolute atomic E-state index is 5.25. The fraction of sp³-hybridized carbons (Fsp3) is 0.750. The minimum Gasteiger partial charge on any atom is -0.359 e. The average molecular weight is 142 g/mol. The van der Waals surface area contributed by atoms with Crippen LogP contribution in [0.15, 0.2) is 0 Å². The van der Waals surface area contributed by atoms with Crippen LogP contribution < -0.4 is 0 Å². The van der Waals surface area contributed by atoms with Crippen LogP contribution in [0.5, 0.6) is 0 Å². The third-order valence-corrected chi connectivity index (χ3v) is 1.10. The Balaban J connectivity index is 3.55. The molecule has 0 aromatic rings. The van der Waals surface area contributed by atoms with Gasteiger partial charge in [-0.1, -0.05) is 0 Å². The van der Waals surface area contributed by atoms with Crippen LogP contribution in [0.1, 0.15) is 20.3 Å². The molecule has 2 heteroatoms. The molecular formula is C8H14O2. The lowest BCUT2D eigenvalue weighted by atomic mass is 10.1. The molecule has 0 aromatic heterocycles. The summed E-state index contributed by atoms with van der Waals surface area (Å²) < 4.78 is 9.99. The fourth-order valence-corrected chi connectivity index (χ4v) is 0.515. The Morgan fingerprint density at radius 3 is 2.50 bits per heavy atom. The van der Waals surface area contributed by atoms with Crippen LogP contribution >= 0.6 is 0 Å². The van der Waals surface area contributed by atoms with E-state index in [9.17, 15) is 0 Å². The van der Waals surface area contributed by atoms with Crippen molar-refractivity contribution >= 4 is 0 Å². The van der Waals surface area contributed by atoms with Crippen molar-refractivity contribution in [3.05, 3.63) is 0 Å². The van der Waals surface area contributed by atoms with Gasteiger partial charge in [0.2, 0.25) is 0 Å². The zero-order valence-electron chi connectivity index (χ0n) is 6.81. The maximum atomic E-state index is 5.25. The Hall–Kier alpha value is -0.520. The van der Waals surface area contributed by atoms with Gasteiger partial charge in [-0.15, -0.1) is 12.3 Å². The second-order valence-electron chi connectivity index (χ2n) is 2.69. The predicted molar refractivity (Wildman–Crippen MR) is 40.5 cm³/mol. The van der Waals surface area contributed by atoms with Crippen LogP contribution in [0.3, 0.4) is 0 Å². The van der Waals surface area contributed by atoms with Gasteiger partial charge in [0.25, 0.3) is 0 Å². The van der Waals surface area contributed by atoms with Crippen LogP contribution in [-0.2, 0) is 9.47 Å². The molecule has 0 atom stereocenters. The number of rotatable bonds is 4. The summed E-state index contributed by atoms with van der Waals surface area (Å²) in [5, 5.41) is 0. The molecule has 2 nitrogen and oxygen atoms in total. The molecule has 0 aromatic carbocycles. The monoisotopic (exact) mass is 142 g/mol. The highest BCUT2D eigenvalue weighted by atomic mass is 16.7. The van der Waals surface area contributed by atoms with E-state index in [1.165, 1.54) is 0 Å². The van der Waals surface area contributed by atoms with Crippen LogP contribution in [0, 0.1) is 12.3 Å². The third-order valence-electron chi connectivity index (χ3n) is 1.10. The van der Waals surface area contributed by atoms with Crippen LogP contribution in [0.25, 0.3) is 0 Å². The molecule has 0 radical (unpaired) electrons. The summed E-state index contributed by atoms with van der Waals surface area (Å²) in [6, 6.07) is 0. The van der Waals surface area contributed by atoms with Gasteiger partial charge in [0, 0.05) is 13.5 Å². The van der Waals surface area contributed by atoms with Crippen molar-refractivity contribution in [1.29, 1.82) is 0 Å². The molecule has 58 valence electrons. The van der Waals surface area contributed by atoms with Gasteiger partial charge in [-0.25, -0.2) is 0 Å². The molecule has 0 N–H and O–H groups in total. The summed E-state index contributed by atoms with van der Waals surface area (Å²) in [4.78, 5) is 0. The van der Waals surface area contributed by atoms with E-state index in [1.54, 1.807) is 7.11 Å². The zero-order chi connectivity index (χ0) is 8.04. The van der Waals surface area contributed by atoms with Crippen molar-refractivity contribution in [2.75, 3.05) is 13.9 Å². The van der Waals surface area contributed by atoms with Gasteiger partial charge < -0.3 is 9.47 Å². The molecule has 0 saturated heterocycles. The molecule has 0 unspecified atom stereocenters. The largest absolute Gasteiger partial charge is 0.359 e. The molecule has 0 aliphatic carbocycles. The van der Waals surface area contributed by atoms with Gasteiger partial charge in [0.15, 0.2) is 0 Å². The van der Waals surface area contributed by atoms with Gasteiger partial charge in [0.1, 0.15) is 6.79 Å². The summed E-state index contributed by atoms with van der Waals surface area (Å²) in [7, 11) is 1.59. The topological polar surface area (TPSA) is 18.5 Å². The van der Waals surface area contributed by atoms with Crippen molar-refractivity contribution in [3.63, 3.8) is 0 Å². The minimum atomic E-state index is -0.259. The normalized spacial score (nSPS) is 11.0. The van der Waals surface area contributed by atoms with Crippen molar-refractivity contribution in [2.24, 2.45) is 0 Å². The van der Waals surface area contributed by atoms with Gasteiger partial charge in [0.05, 0.1) is 5.60 Å². The molecule has 0 bridgehead atoms. The Bertz CT molecular complexity index is 122. The van der Waals surface area contributed by atoms with E-state index in [-0.39, 0.29) is 5.60 Å². The van der Waals surface area contributed by atoms with Crippen LogP contribution in [0.4, 0.5) is 0 Å². The van der Waals surface area contributed by atoms with E-state index < -0.39 is 0 Å². The third kappa shape index (κ3) is 4.37. The molecule has 10 heavy (non-hydrogen) atoms. The van der Waals surface area contributed by atoms with E-state index in [4.69, 9.17) is 15.9 Å². The van der Waals surface area contributed by atoms with Crippen LogP contribution in [-0.4, -0.2) is 19.5 Å². The Kier molecular flexibility index (Phi) is 4.10. The predicted octanol–water partition coefficient (Wildman–Crippen LogP) is 1.41. The summed E-state index contributed by atoms with van der Waals surface area (Å²) >= 11 is 0. The first-order valence-electron chi connectivity index (χ1n) is 3.19. The molecule has 0 spiro atoms. The van der Waals surface area contributed by atoms with Gasteiger partial charge in [-0.05, 0) is 13.8 Å². The summed E-state index contributed by atoms with van der Waals surface area (Å²) in [6.45, 7) is 4.17. The number of terminal acetylenes is 1. The van der Waals surface area contributed by atoms with Crippen molar-refractivity contribution < 1.29 is 9.47 Å². The van der Waals surface area contributed by atoms with Crippen LogP contribution in [0.2, 0.25) is 0 Å². The Labute approximate surface area is 62.5 Å². The van der Waals surface area contributed by atoms with E-state index in [1.807, 2.05) is 13.8 Å². The highest BCUT2D eigenvalue weighted by Gasteiger charge is 2.15. The Morgan fingerprint density at radius 1 is 1.50 bits per heavy atom. The van der Waals surface area contributed by atoms with E-state index in [2.05, 4.69) is 5.92 Å². The number of hydrogen-bond donors (Lipinski definition) is 0. The zero-order valence-corrected chi connectivity index (χ0v) is 6.81. The molecule has 0 rings (SSSR count).